The van der Waals surface area contributed by atoms with Gasteiger partial charge < -0.3 is 9.64 Å². The van der Waals surface area contributed by atoms with Crippen molar-refractivity contribution in [1.29, 1.82) is 0 Å². The van der Waals surface area contributed by atoms with Crippen LogP contribution in [0.1, 0.15) is 18.1 Å². The number of nitrogens with zero attached hydrogens (tertiary/aromatic N) is 1. The molecule has 1 unspecified atom stereocenters. The van der Waals surface area contributed by atoms with Crippen LogP contribution in [-0.4, -0.2) is 36.3 Å². The summed E-state index contributed by atoms with van der Waals surface area (Å²) in [6.45, 7) is 1.85. The monoisotopic (exact) mass is 361 g/mol. The van der Waals surface area contributed by atoms with Crippen LogP contribution in [0.2, 0.25) is 5.02 Å². The summed E-state index contributed by atoms with van der Waals surface area (Å²) in [5, 5.41) is 0.709. The lowest BCUT2D eigenvalue weighted by molar-refractivity contribution is -0.138. The van der Waals surface area contributed by atoms with Gasteiger partial charge >= 0.3 is 0 Å². The van der Waals surface area contributed by atoms with E-state index in [1.807, 2.05) is 47.4 Å². The summed E-state index contributed by atoms with van der Waals surface area (Å²) < 4.78 is 5.82. The molecule has 0 aromatic heterocycles. The third kappa shape index (κ3) is 4.76. The highest BCUT2D eigenvalue weighted by Gasteiger charge is 2.25. The van der Waals surface area contributed by atoms with Crippen molar-refractivity contribution in [3.8, 4) is 0 Å². The summed E-state index contributed by atoms with van der Waals surface area (Å²) in [4.78, 5) is 15.6. The molecule has 0 bridgehead atoms. The van der Waals surface area contributed by atoms with Crippen molar-refractivity contribution in [2.24, 2.45) is 0 Å². The zero-order valence-corrected chi connectivity index (χ0v) is 14.9. The molecule has 3 nitrogen and oxygen atoms in total. The molecule has 0 saturated carbocycles. The molecule has 126 valence electrons. The summed E-state index contributed by atoms with van der Waals surface area (Å²) in [5.74, 6) is 0.993. The van der Waals surface area contributed by atoms with Crippen LogP contribution in [0.15, 0.2) is 59.5 Å². The molecule has 1 heterocycles. The number of halogens is 1. The lowest BCUT2D eigenvalue weighted by Gasteiger charge is -2.33. The van der Waals surface area contributed by atoms with Crippen LogP contribution in [0.5, 0.6) is 0 Å². The van der Waals surface area contributed by atoms with Crippen molar-refractivity contribution in [3.05, 3.63) is 65.2 Å². The number of amides is 1. The van der Waals surface area contributed by atoms with Crippen LogP contribution >= 0.6 is 23.4 Å². The molecule has 2 aromatic carbocycles. The van der Waals surface area contributed by atoms with E-state index in [0.29, 0.717) is 31.1 Å². The third-order valence-corrected chi connectivity index (χ3v) is 5.25. The largest absolute Gasteiger partial charge is 0.370 e. The molecule has 1 saturated heterocycles. The summed E-state index contributed by atoms with van der Waals surface area (Å²) in [6, 6.07) is 17.8. The van der Waals surface area contributed by atoms with Crippen LogP contribution < -0.4 is 0 Å². The van der Waals surface area contributed by atoms with E-state index in [9.17, 15) is 4.79 Å². The van der Waals surface area contributed by atoms with E-state index in [1.165, 1.54) is 4.90 Å². The van der Waals surface area contributed by atoms with Crippen LogP contribution in [0.4, 0.5) is 0 Å². The van der Waals surface area contributed by atoms with E-state index in [4.69, 9.17) is 16.3 Å². The molecular weight excluding hydrogens is 342 g/mol. The Bertz CT molecular complexity index is 663. The van der Waals surface area contributed by atoms with Crippen LogP contribution in [0.3, 0.4) is 0 Å². The number of thioether (sulfide) groups is 1. The van der Waals surface area contributed by atoms with Crippen molar-refractivity contribution in [2.75, 3.05) is 25.4 Å². The first kappa shape index (κ1) is 17.3. The van der Waals surface area contributed by atoms with Gasteiger partial charge in [-0.15, -0.1) is 11.8 Å². The highest BCUT2D eigenvalue weighted by molar-refractivity contribution is 7.99. The molecule has 24 heavy (non-hydrogen) atoms. The standard InChI is InChI=1S/C19H20ClNO2S/c20-16-8-6-15(7-9-16)18-14-21(11-12-23-18)19(22)10-13-24-17-4-2-1-3-5-17/h1-9,18H,10-14H2. The molecule has 1 atom stereocenters. The summed E-state index contributed by atoms with van der Waals surface area (Å²) in [6.07, 6.45) is 0.481. The second-order valence-corrected chi connectivity index (χ2v) is 7.27. The molecule has 1 aliphatic rings. The molecule has 0 N–H and O–H groups in total. The first-order chi connectivity index (χ1) is 11.7. The Morgan fingerprint density at radius 2 is 1.92 bits per heavy atom. The highest BCUT2D eigenvalue weighted by atomic mass is 35.5. The molecule has 5 heteroatoms. The van der Waals surface area contributed by atoms with Crippen LogP contribution in [-0.2, 0) is 9.53 Å². The SMILES string of the molecule is O=C(CCSc1ccccc1)N1CCOC(c2ccc(Cl)cc2)C1. The van der Waals surface area contributed by atoms with E-state index in [0.717, 1.165) is 11.3 Å². The number of hydrogen-bond acceptors (Lipinski definition) is 3. The Hall–Kier alpha value is -1.49. The topological polar surface area (TPSA) is 29.5 Å². The van der Waals surface area contributed by atoms with Gasteiger partial charge in [0.1, 0.15) is 6.10 Å². The molecule has 0 aliphatic carbocycles. The summed E-state index contributed by atoms with van der Waals surface area (Å²) >= 11 is 7.65. The fourth-order valence-corrected chi connectivity index (χ4v) is 3.67. The quantitative estimate of drug-likeness (QED) is 0.738. The smallest absolute Gasteiger partial charge is 0.223 e. The van der Waals surface area contributed by atoms with Gasteiger partial charge in [0.25, 0.3) is 0 Å². The number of hydrogen-bond donors (Lipinski definition) is 0. The highest BCUT2D eigenvalue weighted by Crippen LogP contribution is 2.25. The molecular formula is C19H20ClNO2S. The second kappa shape index (κ2) is 8.56. The Labute approximate surface area is 151 Å². The lowest BCUT2D eigenvalue weighted by atomic mass is 10.1. The van der Waals surface area contributed by atoms with Gasteiger partial charge in [0.15, 0.2) is 0 Å². The maximum Gasteiger partial charge on any atom is 0.223 e. The molecule has 1 fully saturated rings. The van der Waals surface area contributed by atoms with Crippen molar-refractivity contribution >= 4 is 29.3 Å². The van der Waals surface area contributed by atoms with E-state index in [-0.39, 0.29) is 12.0 Å². The van der Waals surface area contributed by atoms with Crippen molar-refractivity contribution < 1.29 is 9.53 Å². The normalized spacial score (nSPS) is 17.7. The molecule has 3 rings (SSSR count). The van der Waals surface area contributed by atoms with Crippen LogP contribution in [0.25, 0.3) is 0 Å². The van der Waals surface area contributed by atoms with Gasteiger partial charge in [-0.05, 0) is 29.8 Å². The van der Waals surface area contributed by atoms with Gasteiger partial charge in [-0.1, -0.05) is 41.9 Å². The fourth-order valence-electron chi connectivity index (χ4n) is 2.69. The molecule has 1 amide bonds. The van der Waals surface area contributed by atoms with Crippen LogP contribution in [0, 0.1) is 0 Å². The molecule has 0 spiro atoms. The van der Waals surface area contributed by atoms with Gasteiger partial charge in [0.05, 0.1) is 13.2 Å². The third-order valence-electron chi connectivity index (χ3n) is 3.99. The van der Waals surface area contributed by atoms with Crippen molar-refractivity contribution in [2.45, 2.75) is 17.4 Å². The van der Waals surface area contributed by atoms with Gasteiger partial charge in [-0.2, -0.15) is 0 Å². The van der Waals surface area contributed by atoms with Gasteiger partial charge in [-0.25, -0.2) is 0 Å². The lowest BCUT2D eigenvalue weighted by Crippen LogP contribution is -2.42. The minimum Gasteiger partial charge on any atom is -0.370 e. The number of morpholine rings is 1. The van der Waals surface area contributed by atoms with E-state index in [1.54, 1.807) is 11.8 Å². The zero-order chi connectivity index (χ0) is 16.8. The first-order valence-corrected chi connectivity index (χ1v) is 9.41. The minimum absolute atomic E-state index is 0.0678. The predicted octanol–water partition coefficient (Wildman–Crippen LogP) is 4.42. The summed E-state index contributed by atoms with van der Waals surface area (Å²) in [5.41, 5.74) is 1.07. The molecule has 1 aliphatic heterocycles. The number of ether oxygens (including phenoxy) is 1. The molecule has 0 radical (unpaired) electrons. The number of carbonyl (C=O) groups is 1. The first-order valence-electron chi connectivity index (χ1n) is 8.05. The Kier molecular flexibility index (Phi) is 6.18. The summed E-state index contributed by atoms with van der Waals surface area (Å²) in [7, 11) is 0. The number of benzene rings is 2. The Morgan fingerprint density at radius 1 is 1.17 bits per heavy atom. The maximum absolute atomic E-state index is 12.5. The van der Waals surface area contributed by atoms with E-state index < -0.39 is 0 Å². The average Bonchev–Trinajstić information content (AvgIpc) is 2.63. The van der Waals surface area contributed by atoms with Crippen molar-refractivity contribution in [3.63, 3.8) is 0 Å². The van der Waals surface area contributed by atoms with Gasteiger partial charge in [-0.3, -0.25) is 4.79 Å². The van der Waals surface area contributed by atoms with E-state index in [2.05, 4.69) is 12.1 Å². The average molecular weight is 362 g/mol. The second-order valence-electron chi connectivity index (χ2n) is 5.66. The fraction of sp³-hybridized carbons (Fsp3) is 0.316. The Balaban J connectivity index is 1.50. The molecule has 2 aromatic rings. The number of carbonyl (C=O) groups excluding carboxylic acids is 1. The maximum atomic E-state index is 12.5. The van der Waals surface area contributed by atoms with Gasteiger partial charge in [0, 0.05) is 28.6 Å². The van der Waals surface area contributed by atoms with E-state index >= 15 is 0 Å². The Morgan fingerprint density at radius 3 is 2.67 bits per heavy atom. The zero-order valence-electron chi connectivity index (χ0n) is 13.4. The van der Waals surface area contributed by atoms with Gasteiger partial charge in [0.2, 0.25) is 5.91 Å². The number of rotatable bonds is 5. The predicted molar refractivity (Wildman–Crippen MR) is 98.5 cm³/mol. The van der Waals surface area contributed by atoms with Crippen molar-refractivity contribution in [1.82, 2.24) is 4.90 Å². The minimum atomic E-state index is -0.0678.